The van der Waals surface area contributed by atoms with E-state index in [0.29, 0.717) is 34.7 Å². The summed E-state index contributed by atoms with van der Waals surface area (Å²) in [5.41, 5.74) is 3.17. The number of aromatic nitrogens is 3. The number of fused-ring (bicyclic) bond motifs is 1. The zero-order valence-corrected chi connectivity index (χ0v) is 21.0. The molecule has 1 unspecified atom stereocenters. The molecular weight excluding hydrogens is 478 g/mol. The lowest BCUT2D eigenvalue weighted by Crippen LogP contribution is -2.31. The number of carbonyl (C=O) groups excluding carboxylic acids is 1. The van der Waals surface area contributed by atoms with E-state index in [-0.39, 0.29) is 11.9 Å². The molecule has 178 valence electrons. The molecule has 5 rings (SSSR count). The van der Waals surface area contributed by atoms with Gasteiger partial charge in [0.05, 0.1) is 17.9 Å². The van der Waals surface area contributed by atoms with Crippen molar-refractivity contribution in [1.82, 2.24) is 14.8 Å². The van der Waals surface area contributed by atoms with Gasteiger partial charge in [0.25, 0.3) is 5.91 Å². The molecule has 0 saturated heterocycles. The zero-order chi connectivity index (χ0) is 24.2. The first-order valence-corrected chi connectivity index (χ1v) is 13.2. The third kappa shape index (κ3) is 4.96. The van der Waals surface area contributed by atoms with Crippen LogP contribution in [0.2, 0.25) is 0 Å². The number of para-hydroxylation sites is 2. The summed E-state index contributed by atoms with van der Waals surface area (Å²) in [4.78, 5) is 19.4. The molecule has 2 aromatic carbocycles. The van der Waals surface area contributed by atoms with E-state index >= 15 is 0 Å². The van der Waals surface area contributed by atoms with E-state index in [1.807, 2.05) is 78.5 Å². The summed E-state index contributed by atoms with van der Waals surface area (Å²) in [7, 11) is 0. The molecule has 35 heavy (non-hydrogen) atoms. The van der Waals surface area contributed by atoms with Gasteiger partial charge in [-0.3, -0.25) is 4.79 Å². The molecule has 1 amide bonds. The van der Waals surface area contributed by atoms with Gasteiger partial charge in [0, 0.05) is 16.3 Å². The van der Waals surface area contributed by atoms with Gasteiger partial charge >= 0.3 is 0 Å². The Kier molecular flexibility index (Phi) is 6.87. The molecular formula is C26H25N5O2S2. The lowest BCUT2D eigenvalue weighted by molar-refractivity contribution is -0.113. The lowest BCUT2D eigenvalue weighted by Gasteiger charge is -2.27. The fourth-order valence-corrected chi connectivity index (χ4v) is 5.56. The predicted molar refractivity (Wildman–Crippen MR) is 141 cm³/mol. The van der Waals surface area contributed by atoms with Crippen LogP contribution in [0.5, 0.6) is 5.75 Å². The fourth-order valence-electron chi connectivity index (χ4n) is 3.96. The number of amides is 1. The van der Waals surface area contributed by atoms with E-state index in [2.05, 4.69) is 22.8 Å². The van der Waals surface area contributed by atoms with E-state index in [1.165, 1.54) is 5.56 Å². The first kappa shape index (κ1) is 23.2. The highest BCUT2D eigenvalue weighted by atomic mass is 32.2. The van der Waals surface area contributed by atoms with E-state index in [9.17, 15) is 4.79 Å². The SMILES string of the molecule is CCOc1ccccc1NC(=O)C1=C(C)Nc2nc(SCc3ccccc3)nn2C1c1cccs1. The van der Waals surface area contributed by atoms with Crippen LogP contribution >= 0.6 is 23.1 Å². The van der Waals surface area contributed by atoms with Gasteiger partial charge in [0.1, 0.15) is 11.8 Å². The number of allylic oxidation sites excluding steroid dienone is 1. The number of thiophene rings is 1. The van der Waals surface area contributed by atoms with Gasteiger partial charge < -0.3 is 15.4 Å². The molecule has 1 aliphatic heterocycles. The molecule has 1 aliphatic rings. The predicted octanol–water partition coefficient (Wildman–Crippen LogP) is 5.96. The number of anilines is 2. The minimum absolute atomic E-state index is 0.208. The van der Waals surface area contributed by atoms with Gasteiger partial charge in [-0.05, 0) is 43.0 Å². The molecule has 3 heterocycles. The summed E-state index contributed by atoms with van der Waals surface area (Å²) in [6.45, 7) is 4.33. The van der Waals surface area contributed by atoms with Crippen LogP contribution in [0.15, 0.2) is 88.5 Å². The van der Waals surface area contributed by atoms with Crippen molar-refractivity contribution in [1.29, 1.82) is 0 Å². The Bertz CT molecular complexity index is 1350. The molecule has 7 nitrogen and oxygen atoms in total. The highest BCUT2D eigenvalue weighted by Crippen LogP contribution is 2.39. The highest BCUT2D eigenvalue weighted by Gasteiger charge is 2.35. The Labute approximate surface area is 212 Å². The number of nitrogens with one attached hydrogen (secondary N) is 2. The lowest BCUT2D eigenvalue weighted by atomic mass is 10.0. The fraction of sp³-hybridized carbons (Fsp3) is 0.192. The van der Waals surface area contributed by atoms with Crippen LogP contribution < -0.4 is 15.4 Å². The zero-order valence-electron chi connectivity index (χ0n) is 19.4. The molecule has 2 aromatic heterocycles. The summed E-state index contributed by atoms with van der Waals surface area (Å²) in [6.07, 6.45) is 0. The standard InChI is InChI=1S/C26H25N5O2S2/c1-3-33-20-13-8-7-12-19(20)28-24(32)22-17(2)27-25-29-26(35-16-18-10-5-4-6-11-18)30-31(25)23(22)21-14-9-15-34-21/h4-15,23H,3,16H2,1-2H3,(H,28,32)(H,27,29,30). The second-order valence-electron chi connectivity index (χ2n) is 7.90. The average Bonchev–Trinajstić information content (AvgIpc) is 3.54. The number of hydrogen-bond acceptors (Lipinski definition) is 7. The third-order valence-corrected chi connectivity index (χ3v) is 7.37. The number of thioether (sulfide) groups is 1. The van der Waals surface area contributed by atoms with Crippen molar-refractivity contribution in [2.24, 2.45) is 0 Å². The van der Waals surface area contributed by atoms with Gasteiger partial charge in [-0.15, -0.1) is 16.4 Å². The minimum Gasteiger partial charge on any atom is -0.492 e. The van der Waals surface area contributed by atoms with Gasteiger partial charge in [-0.25, -0.2) is 4.68 Å². The van der Waals surface area contributed by atoms with Crippen molar-refractivity contribution in [2.45, 2.75) is 30.8 Å². The van der Waals surface area contributed by atoms with E-state index in [4.69, 9.17) is 14.8 Å². The number of carbonyl (C=O) groups is 1. The molecule has 0 bridgehead atoms. The smallest absolute Gasteiger partial charge is 0.256 e. The Balaban J connectivity index is 1.45. The summed E-state index contributed by atoms with van der Waals surface area (Å²) >= 11 is 3.16. The van der Waals surface area contributed by atoms with Crippen molar-refractivity contribution >= 4 is 40.6 Å². The largest absolute Gasteiger partial charge is 0.492 e. The summed E-state index contributed by atoms with van der Waals surface area (Å²) in [5, 5.41) is 13.8. The number of hydrogen-bond donors (Lipinski definition) is 2. The van der Waals surface area contributed by atoms with E-state index in [1.54, 1.807) is 23.1 Å². The van der Waals surface area contributed by atoms with E-state index < -0.39 is 0 Å². The van der Waals surface area contributed by atoms with Crippen LogP contribution in [0.1, 0.15) is 30.3 Å². The average molecular weight is 504 g/mol. The normalized spacial score (nSPS) is 14.9. The van der Waals surface area contributed by atoms with Crippen LogP contribution in [0.4, 0.5) is 11.6 Å². The Hall–Kier alpha value is -3.56. The Morgan fingerprint density at radius 3 is 2.71 bits per heavy atom. The number of rotatable bonds is 8. The van der Waals surface area contributed by atoms with E-state index in [0.717, 1.165) is 16.3 Å². The summed E-state index contributed by atoms with van der Waals surface area (Å²) in [6, 6.07) is 21.3. The molecule has 0 spiro atoms. The molecule has 2 N–H and O–H groups in total. The monoisotopic (exact) mass is 503 g/mol. The second kappa shape index (κ2) is 10.4. The van der Waals surface area contributed by atoms with Gasteiger partial charge in [-0.2, -0.15) is 4.98 Å². The quantitative estimate of drug-likeness (QED) is 0.289. The topological polar surface area (TPSA) is 81.1 Å². The number of benzene rings is 2. The molecule has 0 aliphatic carbocycles. The highest BCUT2D eigenvalue weighted by molar-refractivity contribution is 7.98. The number of ether oxygens (including phenoxy) is 1. The molecule has 0 fully saturated rings. The summed E-state index contributed by atoms with van der Waals surface area (Å²) < 4.78 is 7.51. The van der Waals surface area contributed by atoms with Crippen LogP contribution in [0.25, 0.3) is 0 Å². The maximum absolute atomic E-state index is 13.6. The maximum Gasteiger partial charge on any atom is 0.256 e. The first-order valence-electron chi connectivity index (χ1n) is 11.3. The van der Waals surface area contributed by atoms with Crippen molar-refractivity contribution in [3.63, 3.8) is 0 Å². The second-order valence-corrected chi connectivity index (χ2v) is 9.82. The van der Waals surface area contributed by atoms with Crippen LogP contribution in [0.3, 0.4) is 0 Å². The Morgan fingerprint density at radius 1 is 1.14 bits per heavy atom. The Morgan fingerprint density at radius 2 is 1.94 bits per heavy atom. The third-order valence-electron chi connectivity index (χ3n) is 5.54. The van der Waals surface area contributed by atoms with Gasteiger partial charge in [0.15, 0.2) is 0 Å². The first-order chi connectivity index (χ1) is 17.1. The van der Waals surface area contributed by atoms with Crippen LogP contribution in [-0.2, 0) is 10.5 Å². The molecule has 0 radical (unpaired) electrons. The van der Waals surface area contributed by atoms with Crippen LogP contribution in [0, 0.1) is 0 Å². The van der Waals surface area contributed by atoms with Crippen LogP contribution in [-0.4, -0.2) is 27.3 Å². The van der Waals surface area contributed by atoms with Gasteiger partial charge in [-0.1, -0.05) is 60.3 Å². The molecule has 1 atom stereocenters. The maximum atomic E-state index is 13.6. The minimum atomic E-state index is -0.385. The molecule has 4 aromatic rings. The van der Waals surface area contributed by atoms with Crippen molar-refractivity contribution in [3.05, 3.63) is 93.8 Å². The van der Waals surface area contributed by atoms with Gasteiger partial charge in [0.2, 0.25) is 11.1 Å². The summed E-state index contributed by atoms with van der Waals surface area (Å²) in [5.74, 6) is 1.82. The number of nitrogens with zero attached hydrogens (tertiary/aromatic N) is 3. The van der Waals surface area contributed by atoms with Crippen molar-refractivity contribution < 1.29 is 9.53 Å². The van der Waals surface area contributed by atoms with Crippen molar-refractivity contribution in [2.75, 3.05) is 17.2 Å². The molecule has 9 heteroatoms. The van der Waals surface area contributed by atoms with Crippen molar-refractivity contribution in [3.8, 4) is 5.75 Å². The molecule has 0 saturated carbocycles.